The highest BCUT2D eigenvalue weighted by Crippen LogP contribution is 2.38. The highest BCUT2D eigenvalue weighted by Gasteiger charge is 2.23. The van der Waals surface area contributed by atoms with Crippen LogP contribution in [0.25, 0.3) is 10.9 Å². The predicted octanol–water partition coefficient (Wildman–Crippen LogP) is 5.66. The number of para-hydroxylation sites is 1. The number of fused-ring (bicyclic) bond motifs is 1. The van der Waals surface area contributed by atoms with Gasteiger partial charge in [-0.15, -0.1) is 0 Å². The molecule has 4 rings (SSSR count). The van der Waals surface area contributed by atoms with Gasteiger partial charge in [-0.1, -0.05) is 55.3 Å². The maximum Gasteiger partial charge on any atom is 0.269 e. The summed E-state index contributed by atoms with van der Waals surface area (Å²) >= 11 is 1.50. The molecule has 29 heavy (non-hydrogen) atoms. The van der Waals surface area contributed by atoms with Gasteiger partial charge in [0.25, 0.3) is 11.2 Å². The lowest BCUT2D eigenvalue weighted by molar-refractivity contribution is -0.384. The molecule has 1 heterocycles. The minimum absolute atomic E-state index is 0.0104. The number of non-ortho nitro benzene ring substituents is 1. The van der Waals surface area contributed by atoms with Gasteiger partial charge in [-0.2, -0.15) is 0 Å². The number of hydrogen-bond acceptors (Lipinski definition) is 5. The summed E-state index contributed by atoms with van der Waals surface area (Å²) in [6.07, 6.45) is 5.42. The Morgan fingerprint density at radius 2 is 1.90 bits per heavy atom. The van der Waals surface area contributed by atoms with Gasteiger partial charge < -0.3 is 0 Å². The molecular formula is C22H23N3O3S. The van der Waals surface area contributed by atoms with Gasteiger partial charge in [0.1, 0.15) is 0 Å². The van der Waals surface area contributed by atoms with E-state index >= 15 is 0 Å². The number of thioether (sulfide) groups is 1. The topological polar surface area (TPSA) is 78.0 Å². The molecule has 1 saturated carbocycles. The van der Waals surface area contributed by atoms with Gasteiger partial charge in [-0.25, -0.2) is 4.98 Å². The molecule has 0 saturated heterocycles. The lowest BCUT2D eigenvalue weighted by Crippen LogP contribution is -2.29. The molecule has 6 nitrogen and oxygen atoms in total. The van der Waals surface area contributed by atoms with Crippen LogP contribution in [0.4, 0.5) is 5.69 Å². The molecule has 1 fully saturated rings. The molecule has 7 heteroatoms. The van der Waals surface area contributed by atoms with Crippen LogP contribution in [0.5, 0.6) is 0 Å². The molecule has 3 aromatic rings. The van der Waals surface area contributed by atoms with Crippen LogP contribution < -0.4 is 5.56 Å². The number of aromatic nitrogens is 2. The first-order valence-electron chi connectivity index (χ1n) is 9.97. The number of rotatable bonds is 5. The molecule has 150 valence electrons. The Labute approximate surface area is 173 Å². The first-order valence-corrected chi connectivity index (χ1v) is 10.8. The van der Waals surface area contributed by atoms with Gasteiger partial charge >= 0.3 is 0 Å². The van der Waals surface area contributed by atoms with Crippen LogP contribution >= 0.6 is 11.8 Å². The second-order valence-electron chi connectivity index (χ2n) is 7.49. The Kier molecular flexibility index (Phi) is 5.67. The zero-order valence-electron chi connectivity index (χ0n) is 16.3. The monoisotopic (exact) mass is 409 g/mol. The summed E-state index contributed by atoms with van der Waals surface area (Å²) in [6.45, 7) is 2.00. The Hall–Kier alpha value is -2.67. The van der Waals surface area contributed by atoms with E-state index in [9.17, 15) is 14.9 Å². The van der Waals surface area contributed by atoms with E-state index in [1.54, 1.807) is 12.1 Å². The SMILES string of the molecule is CC(Sc1nc2ccccc2c(=O)n1C1CCCCC1)c1cccc([N+](=O)[O-])c1. The lowest BCUT2D eigenvalue weighted by atomic mass is 9.95. The molecular weight excluding hydrogens is 386 g/mol. The minimum atomic E-state index is -0.382. The van der Waals surface area contributed by atoms with Crippen LogP contribution in [0.1, 0.15) is 55.9 Å². The molecule has 1 aliphatic carbocycles. The van der Waals surface area contributed by atoms with Gasteiger partial charge in [0.05, 0.1) is 15.8 Å². The van der Waals surface area contributed by atoms with E-state index < -0.39 is 0 Å². The zero-order chi connectivity index (χ0) is 20.4. The smallest absolute Gasteiger partial charge is 0.269 e. The standard InChI is InChI=1S/C22H23N3O3S/c1-15(16-8-7-11-18(14-16)25(27)28)29-22-23-20-13-6-5-12-19(20)21(26)24(22)17-9-3-2-4-10-17/h5-8,11-15,17H,2-4,9-10H2,1H3. The van der Waals surface area contributed by atoms with Crippen molar-refractivity contribution in [1.29, 1.82) is 0 Å². The molecule has 0 bridgehead atoms. The minimum Gasteiger partial charge on any atom is -0.284 e. The van der Waals surface area contributed by atoms with E-state index in [1.165, 1.54) is 24.2 Å². The third-order valence-corrected chi connectivity index (χ3v) is 6.67. The normalized spacial score (nSPS) is 16.0. The van der Waals surface area contributed by atoms with E-state index in [0.717, 1.165) is 31.2 Å². The van der Waals surface area contributed by atoms with Crippen molar-refractivity contribution in [2.75, 3.05) is 0 Å². The number of nitro groups is 1. The van der Waals surface area contributed by atoms with Crippen molar-refractivity contribution in [3.05, 3.63) is 74.6 Å². The van der Waals surface area contributed by atoms with Crippen molar-refractivity contribution in [3.63, 3.8) is 0 Å². The average Bonchev–Trinajstić information content (AvgIpc) is 2.74. The summed E-state index contributed by atoms with van der Waals surface area (Å²) < 4.78 is 1.88. The van der Waals surface area contributed by atoms with Gasteiger partial charge in [0, 0.05) is 23.4 Å². The van der Waals surface area contributed by atoms with Crippen LogP contribution in [0, 0.1) is 10.1 Å². The molecule has 2 aromatic carbocycles. The Bertz CT molecular complexity index is 1110. The first-order chi connectivity index (χ1) is 14.0. The number of nitro benzene ring substituents is 1. The van der Waals surface area contributed by atoms with E-state index in [4.69, 9.17) is 4.98 Å². The number of nitrogens with zero attached hydrogens (tertiary/aromatic N) is 3. The van der Waals surface area contributed by atoms with Crippen LogP contribution in [0.2, 0.25) is 0 Å². The van der Waals surface area contributed by atoms with Crippen LogP contribution in [0.3, 0.4) is 0 Å². The third kappa shape index (κ3) is 4.05. The van der Waals surface area contributed by atoms with Gasteiger partial charge in [0.15, 0.2) is 5.16 Å². The van der Waals surface area contributed by atoms with E-state index in [0.29, 0.717) is 16.1 Å². The zero-order valence-corrected chi connectivity index (χ0v) is 17.1. The van der Waals surface area contributed by atoms with Crippen LogP contribution in [-0.4, -0.2) is 14.5 Å². The summed E-state index contributed by atoms with van der Waals surface area (Å²) in [6, 6.07) is 14.3. The summed E-state index contributed by atoms with van der Waals surface area (Å²) in [5, 5.41) is 12.4. The Balaban J connectivity index is 1.76. The molecule has 1 aromatic heterocycles. The highest BCUT2D eigenvalue weighted by molar-refractivity contribution is 7.99. The Morgan fingerprint density at radius 1 is 1.14 bits per heavy atom. The van der Waals surface area contributed by atoms with Crippen molar-refractivity contribution in [2.24, 2.45) is 0 Å². The molecule has 0 N–H and O–H groups in total. The molecule has 0 aliphatic heterocycles. The highest BCUT2D eigenvalue weighted by atomic mass is 32.2. The maximum absolute atomic E-state index is 13.3. The average molecular weight is 410 g/mol. The van der Waals surface area contributed by atoms with E-state index in [1.807, 2.05) is 41.8 Å². The summed E-state index contributed by atoms with van der Waals surface area (Å²) in [5.41, 5.74) is 1.63. The van der Waals surface area contributed by atoms with Crippen LogP contribution in [0.15, 0.2) is 58.5 Å². The van der Waals surface area contributed by atoms with Crippen molar-refractivity contribution >= 4 is 28.4 Å². The second-order valence-corrected chi connectivity index (χ2v) is 8.80. The number of hydrogen-bond donors (Lipinski definition) is 0. The quantitative estimate of drug-likeness (QED) is 0.235. The summed E-state index contributed by atoms with van der Waals surface area (Å²) in [5.74, 6) is 0. The largest absolute Gasteiger partial charge is 0.284 e. The van der Waals surface area contributed by atoms with Gasteiger partial charge in [-0.05, 0) is 37.5 Å². The van der Waals surface area contributed by atoms with Crippen LogP contribution in [-0.2, 0) is 0 Å². The fraction of sp³-hybridized carbons (Fsp3) is 0.364. The summed E-state index contributed by atoms with van der Waals surface area (Å²) in [4.78, 5) is 28.9. The van der Waals surface area contributed by atoms with Gasteiger partial charge in [-0.3, -0.25) is 19.5 Å². The fourth-order valence-electron chi connectivity index (χ4n) is 3.99. The fourth-order valence-corrected chi connectivity index (χ4v) is 5.08. The maximum atomic E-state index is 13.3. The number of benzene rings is 2. The van der Waals surface area contributed by atoms with Crippen molar-refractivity contribution < 1.29 is 4.92 Å². The van der Waals surface area contributed by atoms with Crippen molar-refractivity contribution in [3.8, 4) is 0 Å². The van der Waals surface area contributed by atoms with Gasteiger partial charge in [0.2, 0.25) is 0 Å². The van der Waals surface area contributed by atoms with E-state index in [2.05, 4.69) is 0 Å². The first kappa shape index (κ1) is 19.6. The van der Waals surface area contributed by atoms with E-state index in [-0.39, 0.29) is 27.5 Å². The molecule has 0 spiro atoms. The summed E-state index contributed by atoms with van der Waals surface area (Å²) in [7, 11) is 0. The molecule has 1 aliphatic rings. The van der Waals surface area contributed by atoms with Crippen molar-refractivity contribution in [1.82, 2.24) is 9.55 Å². The Morgan fingerprint density at radius 3 is 2.66 bits per heavy atom. The van der Waals surface area contributed by atoms with Crippen molar-refractivity contribution in [2.45, 2.75) is 55.5 Å². The molecule has 0 amide bonds. The third-order valence-electron chi connectivity index (χ3n) is 5.55. The second kappa shape index (κ2) is 8.37. The molecule has 1 atom stereocenters. The lowest BCUT2D eigenvalue weighted by Gasteiger charge is -2.27. The molecule has 0 radical (unpaired) electrons. The predicted molar refractivity (Wildman–Crippen MR) is 115 cm³/mol. The molecule has 1 unspecified atom stereocenters.